The number of benzene rings is 6. The first kappa shape index (κ1) is 18.4. The van der Waals surface area contributed by atoms with Crippen molar-refractivity contribution in [2.24, 2.45) is 0 Å². The number of nitrogens with zero attached hydrogens (tertiary/aromatic N) is 2. The van der Waals surface area contributed by atoms with Crippen molar-refractivity contribution < 1.29 is 0 Å². The summed E-state index contributed by atoms with van der Waals surface area (Å²) in [5.74, 6) is 0. The van der Waals surface area contributed by atoms with Gasteiger partial charge in [0.2, 0.25) is 0 Å². The monoisotopic (exact) mass is 436 g/mol. The van der Waals surface area contributed by atoms with Crippen LogP contribution >= 0.6 is 0 Å². The second kappa shape index (κ2) is 6.30. The summed E-state index contributed by atoms with van der Waals surface area (Å²) in [4.78, 5) is 0. The zero-order valence-electron chi connectivity index (χ0n) is 19.4. The molecular formula is C32H24N2. The van der Waals surface area contributed by atoms with Crippen LogP contribution in [-0.4, -0.2) is 9.13 Å². The van der Waals surface area contributed by atoms with Crippen molar-refractivity contribution in [1.29, 1.82) is 0 Å². The van der Waals surface area contributed by atoms with Crippen molar-refractivity contribution >= 4 is 75.7 Å². The SMILES string of the molecule is CCn1ccc2cc3c4ccccc4c4cc5ccn(CC)c5c5c6ccccc6c(c3c45)c21. The van der Waals surface area contributed by atoms with Crippen LogP contribution in [0.15, 0.2) is 85.2 Å². The van der Waals surface area contributed by atoms with E-state index in [1.165, 1.54) is 75.7 Å². The molecule has 0 N–H and O–H groups in total. The van der Waals surface area contributed by atoms with E-state index in [9.17, 15) is 0 Å². The summed E-state index contributed by atoms with van der Waals surface area (Å²) in [5, 5.41) is 16.4. The molecule has 0 unspecified atom stereocenters. The normalized spacial score (nSPS) is 12.6. The van der Waals surface area contributed by atoms with Crippen molar-refractivity contribution in [3.63, 3.8) is 0 Å². The van der Waals surface area contributed by atoms with Crippen LogP contribution in [0.25, 0.3) is 75.7 Å². The Morgan fingerprint density at radius 2 is 0.882 bits per heavy atom. The number of hydrogen-bond acceptors (Lipinski definition) is 0. The maximum atomic E-state index is 2.43. The zero-order valence-corrected chi connectivity index (χ0v) is 19.4. The molecule has 34 heavy (non-hydrogen) atoms. The molecule has 0 bridgehead atoms. The maximum absolute atomic E-state index is 2.43. The second-order valence-electron chi connectivity index (χ2n) is 9.52. The Morgan fingerprint density at radius 3 is 1.29 bits per heavy atom. The van der Waals surface area contributed by atoms with Crippen LogP contribution in [0.2, 0.25) is 0 Å². The number of hydrogen-bond donors (Lipinski definition) is 0. The molecule has 8 aromatic rings. The van der Waals surface area contributed by atoms with Gasteiger partial charge in [-0.05, 0) is 70.4 Å². The second-order valence-corrected chi connectivity index (χ2v) is 9.52. The smallest absolute Gasteiger partial charge is 0.0566 e. The Morgan fingerprint density at radius 1 is 0.471 bits per heavy atom. The number of aromatic nitrogens is 2. The van der Waals surface area contributed by atoms with Gasteiger partial charge in [0.25, 0.3) is 0 Å². The Hall–Kier alpha value is -4.04. The van der Waals surface area contributed by atoms with Gasteiger partial charge in [-0.1, -0.05) is 48.5 Å². The van der Waals surface area contributed by atoms with Gasteiger partial charge in [-0.3, -0.25) is 0 Å². The van der Waals surface area contributed by atoms with E-state index in [1.807, 2.05) is 0 Å². The fraction of sp³-hybridized carbons (Fsp3) is 0.125. The van der Waals surface area contributed by atoms with Gasteiger partial charge in [-0.15, -0.1) is 0 Å². The molecule has 0 radical (unpaired) electrons. The average molecular weight is 437 g/mol. The number of fused-ring (bicyclic) bond motifs is 10. The van der Waals surface area contributed by atoms with Crippen LogP contribution in [0.3, 0.4) is 0 Å². The first-order chi connectivity index (χ1) is 16.8. The lowest BCUT2D eigenvalue weighted by atomic mass is 9.84. The molecule has 2 nitrogen and oxygen atoms in total. The predicted molar refractivity (Wildman–Crippen MR) is 147 cm³/mol. The summed E-state index contributed by atoms with van der Waals surface area (Å²) in [6, 6.07) is 27.5. The summed E-state index contributed by atoms with van der Waals surface area (Å²) in [5.41, 5.74) is 2.71. The number of rotatable bonds is 2. The van der Waals surface area contributed by atoms with Gasteiger partial charge in [0.15, 0.2) is 0 Å². The molecule has 0 fully saturated rings. The van der Waals surface area contributed by atoms with Crippen LogP contribution < -0.4 is 0 Å². The number of aryl methyl sites for hydroxylation is 2. The highest BCUT2D eigenvalue weighted by molar-refractivity contribution is 6.46. The zero-order chi connectivity index (χ0) is 22.6. The molecule has 0 aliphatic carbocycles. The Kier molecular flexibility index (Phi) is 3.41. The van der Waals surface area contributed by atoms with Gasteiger partial charge >= 0.3 is 0 Å². The third-order valence-corrected chi connectivity index (χ3v) is 8.01. The molecule has 0 saturated carbocycles. The van der Waals surface area contributed by atoms with E-state index in [1.54, 1.807) is 0 Å². The first-order valence-electron chi connectivity index (χ1n) is 12.3. The Balaban J connectivity index is 1.88. The summed E-state index contributed by atoms with van der Waals surface area (Å²) < 4.78 is 4.83. The Bertz CT molecular complexity index is 1930. The molecular weight excluding hydrogens is 412 g/mol. The van der Waals surface area contributed by atoms with Crippen molar-refractivity contribution in [3.05, 3.63) is 85.2 Å². The molecule has 0 amide bonds. The van der Waals surface area contributed by atoms with E-state index >= 15 is 0 Å². The van der Waals surface area contributed by atoms with Gasteiger partial charge in [-0.25, -0.2) is 0 Å². The molecule has 2 heteroatoms. The van der Waals surface area contributed by atoms with Crippen LogP contribution in [0.1, 0.15) is 13.8 Å². The summed E-state index contributed by atoms with van der Waals surface area (Å²) in [7, 11) is 0. The highest BCUT2D eigenvalue weighted by atomic mass is 15.0. The van der Waals surface area contributed by atoms with Crippen molar-refractivity contribution in [2.45, 2.75) is 26.9 Å². The molecule has 2 heterocycles. The van der Waals surface area contributed by atoms with Gasteiger partial charge in [0, 0.05) is 57.8 Å². The quantitative estimate of drug-likeness (QED) is 0.189. The van der Waals surface area contributed by atoms with Gasteiger partial charge in [0.05, 0.1) is 11.0 Å². The molecule has 0 atom stereocenters. The fourth-order valence-corrected chi connectivity index (χ4v) is 6.62. The van der Waals surface area contributed by atoms with E-state index in [-0.39, 0.29) is 0 Å². The first-order valence-corrected chi connectivity index (χ1v) is 12.3. The van der Waals surface area contributed by atoms with Crippen LogP contribution in [-0.2, 0) is 13.1 Å². The molecule has 0 aliphatic heterocycles. The molecule has 162 valence electrons. The third-order valence-electron chi connectivity index (χ3n) is 8.01. The molecule has 6 aromatic carbocycles. The van der Waals surface area contributed by atoms with Crippen molar-refractivity contribution in [2.75, 3.05) is 0 Å². The lowest BCUT2D eigenvalue weighted by molar-refractivity contribution is 0.800. The van der Waals surface area contributed by atoms with E-state index < -0.39 is 0 Å². The molecule has 0 aliphatic rings. The summed E-state index contributed by atoms with van der Waals surface area (Å²) in [6.07, 6.45) is 4.51. The fourth-order valence-electron chi connectivity index (χ4n) is 6.62. The van der Waals surface area contributed by atoms with E-state index in [2.05, 4.69) is 108 Å². The van der Waals surface area contributed by atoms with Crippen LogP contribution in [0.4, 0.5) is 0 Å². The highest BCUT2D eigenvalue weighted by Crippen LogP contribution is 2.49. The summed E-state index contributed by atoms with van der Waals surface area (Å²) >= 11 is 0. The highest BCUT2D eigenvalue weighted by Gasteiger charge is 2.22. The molecule has 2 aromatic heterocycles. The van der Waals surface area contributed by atoms with Gasteiger partial charge in [-0.2, -0.15) is 0 Å². The molecule has 0 saturated heterocycles. The van der Waals surface area contributed by atoms with E-state index in [4.69, 9.17) is 0 Å². The topological polar surface area (TPSA) is 9.86 Å². The van der Waals surface area contributed by atoms with E-state index in [0.29, 0.717) is 0 Å². The lowest BCUT2D eigenvalue weighted by Crippen LogP contribution is -1.97. The minimum atomic E-state index is 0.964. The molecule has 8 rings (SSSR count). The minimum absolute atomic E-state index is 0.964. The average Bonchev–Trinajstić information content (AvgIpc) is 3.50. The third kappa shape index (κ3) is 2.03. The van der Waals surface area contributed by atoms with Crippen molar-refractivity contribution in [3.8, 4) is 0 Å². The minimum Gasteiger partial charge on any atom is -0.347 e. The van der Waals surface area contributed by atoms with Crippen LogP contribution in [0, 0.1) is 0 Å². The summed E-state index contributed by atoms with van der Waals surface area (Å²) in [6.45, 7) is 6.41. The van der Waals surface area contributed by atoms with Crippen molar-refractivity contribution in [1.82, 2.24) is 9.13 Å². The lowest BCUT2D eigenvalue weighted by Gasteiger charge is -2.20. The van der Waals surface area contributed by atoms with Crippen LogP contribution in [0.5, 0.6) is 0 Å². The van der Waals surface area contributed by atoms with E-state index in [0.717, 1.165) is 13.1 Å². The Labute approximate surface area is 196 Å². The predicted octanol–water partition coefficient (Wildman–Crippen LogP) is 8.84. The molecule has 0 spiro atoms. The maximum Gasteiger partial charge on any atom is 0.0566 e. The standard InChI is InChI=1S/C32H24N2/c1-3-33-15-13-19-17-25-21-9-5-6-10-22(21)26-18-20-14-16-34(4-2)32(20)30-24-12-8-7-11-23(24)29(31(19)33)27(25)28(26)30/h5-18H,3-4H2,1-2H3. The van der Waals surface area contributed by atoms with Gasteiger partial charge < -0.3 is 9.13 Å². The van der Waals surface area contributed by atoms with Gasteiger partial charge in [0.1, 0.15) is 0 Å². The largest absolute Gasteiger partial charge is 0.347 e.